The Kier molecular flexibility index (Phi) is 11.2. The van der Waals surface area contributed by atoms with Crippen molar-refractivity contribution in [3.8, 4) is 0 Å². The van der Waals surface area contributed by atoms with Crippen molar-refractivity contribution in [3.05, 3.63) is 35.4 Å². The molecular formula is C21H37N5O. The summed E-state index contributed by atoms with van der Waals surface area (Å²) in [5.41, 5.74) is 1.74. The molecule has 6 nitrogen and oxygen atoms in total. The number of nitrogens with zero attached hydrogens (tertiary/aromatic N) is 2. The molecule has 27 heavy (non-hydrogen) atoms. The van der Waals surface area contributed by atoms with Crippen molar-refractivity contribution >= 4 is 11.9 Å². The van der Waals surface area contributed by atoms with Crippen LogP contribution in [0, 0.1) is 0 Å². The molecule has 0 aromatic heterocycles. The first kappa shape index (κ1) is 23.0. The highest BCUT2D eigenvalue weighted by atomic mass is 16.1. The second-order valence-electron chi connectivity index (χ2n) is 6.69. The van der Waals surface area contributed by atoms with Crippen LogP contribution in [0.15, 0.2) is 29.3 Å². The molecule has 1 aromatic rings. The Morgan fingerprint density at radius 3 is 2.37 bits per heavy atom. The number of amides is 1. The molecule has 1 rings (SSSR count). The number of hydrogen-bond acceptors (Lipinski definition) is 3. The maximum Gasteiger partial charge on any atom is 0.251 e. The van der Waals surface area contributed by atoms with Crippen LogP contribution in [0.2, 0.25) is 0 Å². The van der Waals surface area contributed by atoms with Gasteiger partial charge in [-0.25, -0.2) is 4.99 Å². The van der Waals surface area contributed by atoms with Gasteiger partial charge in [0.05, 0.1) is 6.54 Å². The standard InChI is InChI=1S/C21H37N5O/c1-6-23-21(25-17(4)10-9-15-26(7-2)8-3)24-16-18-11-13-19(14-12-18)20(27)22-5/h11-14,17H,6-10,15-16H2,1-5H3,(H,22,27)(H2,23,24,25). The molecule has 0 radical (unpaired) electrons. The Morgan fingerprint density at radius 2 is 1.81 bits per heavy atom. The fraction of sp³-hybridized carbons (Fsp3) is 0.619. The lowest BCUT2D eigenvalue weighted by Gasteiger charge is -2.21. The van der Waals surface area contributed by atoms with Crippen LogP contribution in [0.5, 0.6) is 0 Å². The fourth-order valence-electron chi connectivity index (χ4n) is 2.86. The molecule has 0 saturated heterocycles. The number of hydrogen-bond donors (Lipinski definition) is 3. The summed E-state index contributed by atoms with van der Waals surface area (Å²) in [4.78, 5) is 18.7. The van der Waals surface area contributed by atoms with E-state index in [1.165, 1.54) is 6.42 Å². The molecule has 1 amide bonds. The Hall–Kier alpha value is -2.08. The molecule has 0 fully saturated rings. The molecule has 0 spiro atoms. The number of carbonyl (C=O) groups excluding carboxylic acids is 1. The van der Waals surface area contributed by atoms with Crippen LogP contribution in [-0.2, 0) is 6.54 Å². The van der Waals surface area contributed by atoms with Crippen LogP contribution in [-0.4, -0.2) is 56.0 Å². The van der Waals surface area contributed by atoms with Crippen LogP contribution in [0.1, 0.15) is 56.5 Å². The van der Waals surface area contributed by atoms with Crippen LogP contribution in [0.4, 0.5) is 0 Å². The lowest BCUT2D eigenvalue weighted by Crippen LogP contribution is -2.42. The van der Waals surface area contributed by atoms with Crippen molar-refractivity contribution < 1.29 is 4.79 Å². The van der Waals surface area contributed by atoms with E-state index in [2.05, 4.69) is 53.5 Å². The molecule has 1 aromatic carbocycles. The van der Waals surface area contributed by atoms with Crippen molar-refractivity contribution in [2.45, 2.75) is 53.1 Å². The van der Waals surface area contributed by atoms with E-state index in [9.17, 15) is 4.79 Å². The second-order valence-corrected chi connectivity index (χ2v) is 6.69. The van der Waals surface area contributed by atoms with Crippen molar-refractivity contribution in [2.24, 2.45) is 4.99 Å². The number of benzene rings is 1. The predicted molar refractivity (Wildman–Crippen MR) is 114 cm³/mol. The molecule has 0 heterocycles. The van der Waals surface area contributed by atoms with Crippen molar-refractivity contribution in [2.75, 3.05) is 33.2 Å². The van der Waals surface area contributed by atoms with E-state index in [-0.39, 0.29) is 5.91 Å². The van der Waals surface area contributed by atoms with E-state index in [4.69, 9.17) is 0 Å². The quantitative estimate of drug-likeness (QED) is 0.411. The summed E-state index contributed by atoms with van der Waals surface area (Å²) in [5.74, 6) is 0.766. The average molecular weight is 376 g/mol. The first-order valence-electron chi connectivity index (χ1n) is 10.1. The third-order valence-corrected chi connectivity index (χ3v) is 4.60. The Morgan fingerprint density at radius 1 is 1.15 bits per heavy atom. The largest absolute Gasteiger partial charge is 0.357 e. The van der Waals surface area contributed by atoms with Crippen LogP contribution in [0.25, 0.3) is 0 Å². The zero-order valence-electron chi connectivity index (χ0n) is 17.6. The number of nitrogens with one attached hydrogen (secondary N) is 3. The molecular weight excluding hydrogens is 338 g/mol. The maximum atomic E-state index is 11.6. The van der Waals surface area contributed by atoms with E-state index < -0.39 is 0 Å². The van der Waals surface area contributed by atoms with E-state index in [1.807, 2.05) is 24.3 Å². The van der Waals surface area contributed by atoms with Gasteiger partial charge < -0.3 is 20.9 Å². The SMILES string of the molecule is CCNC(=NCc1ccc(C(=O)NC)cc1)NC(C)CCCN(CC)CC. The van der Waals surface area contributed by atoms with Gasteiger partial charge >= 0.3 is 0 Å². The fourth-order valence-corrected chi connectivity index (χ4v) is 2.86. The lowest BCUT2D eigenvalue weighted by molar-refractivity contribution is 0.0963. The molecule has 152 valence electrons. The maximum absolute atomic E-state index is 11.6. The highest BCUT2D eigenvalue weighted by Crippen LogP contribution is 2.06. The highest BCUT2D eigenvalue weighted by molar-refractivity contribution is 5.93. The number of guanidine groups is 1. The summed E-state index contributed by atoms with van der Waals surface area (Å²) in [6.45, 7) is 13.5. The molecule has 0 bridgehead atoms. The van der Waals surface area contributed by atoms with E-state index >= 15 is 0 Å². The van der Waals surface area contributed by atoms with E-state index in [0.717, 1.165) is 44.1 Å². The molecule has 0 aliphatic heterocycles. The molecule has 0 saturated carbocycles. The smallest absolute Gasteiger partial charge is 0.251 e. The molecule has 0 aliphatic rings. The summed E-state index contributed by atoms with van der Waals surface area (Å²) < 4.78 is 0. The van der Waals surface area contributed by atoms with Gasteiger partial charge in [-0.05, 0) is 64.0 Å². The molecule has 6 heteroatoms. The second kappa shape index (κ2) is 13.1. The zero-order valence-corrected chi connectivity index (χ0v) is 17.6. The summed E-state index contributed by atoms with van der Waals surface area (Å²) in [6.07, 6.45) is 2.29. The van der Waals surface area contributed by atoms with Gasteiger partial charge in [0, 0.05) is 25.2 Å². The minimum Gasteiger partial charge on any atom is -0.357 e. The van der Waals surface area contributed by atoms with Gasteiger partial charge in [-0.1, -0.05) is 26.0 Å². The normalized spacial score (nSPS) is 12.7. The molecule has 3 N–H and O–H groups in total. The molecule has 1 atom stereocenters. The Balaban J connectivity index is 2.54. The summed E-state index contributed by atoms with van der Waals surface area (Å²) in [7, 11) is 1.64. The number of carbonyl (C=O) groups is 1. The zero-order chi connectivity index (χ0) is 20.1. The lowest BCUT2D eigenvalue weighted by atomic mass is 10.1. The number of rotatable bonds is 11. The minimum atomic E-state index is -0.0707. The summed E-state index contributed by atoms with van der Waals surface area (Å²) in [6, 6.07) is 7.93. The van der Waals surface area contributed by atoms with Gasteiger partial charge in [0.25, 0.3) is 5.91 Å². The number of aliphatic imine (C=N–C) groups is 1. The third-order valence-electron chi connectivity index (χ3n) is 4.60. The summed E-state index contributed by atoms with van der Waals surface area (Å²) >= 11 is 0. The van der Waals surface area contributed by atoms with Crippen molar-refractivity contribution in [3.63, 3.8) is 0 Å². The Bertz CT molecular complexity index is 566. The predicted octanol–water partition coefficient (Wildman–Crippen LogP) is 2.61. The first-order chi connectivity index (χ1) is 13.0. The van der Waals surface area contributed by atoms with Crippen molar-refractivity contribution in [1.29, 1.82) is 0 Å². The average Bonchev–Trinajstić information content (AvgIpc) is 2.69. The summed E-state index contributed by atoms with van der Waals surface area (Å²) in [5, 5.41) is 9.43. The van der Waals surface area contributed by atoms with Gasteiger partial charge in [0.15, 0.2) is 5.96 Å². The van der Waals surface area contributed by atoms with Gasteiger partial charge in [0.1, 0.15) is 0 Å². The Labute approximate surface area is 164 Å². The highest BCUT2D eigenvalue weighted by Gasteiger charge is 2.07. The molecule has 0 aliphatic carbocycles. The van der Waals surface area contributed by atoms with Gasteiger partial charge in [0.2, 0.25) is 0 Å². The van der Waals surface area contributed by atoms with Gasteiger partial charge in [-0.15, -0.1) is 0 Å². The molecule has 1 unspecified atom stereocenters. The third kappa shape index (κ3) is 8.91. The van der Waals surface area contributed by atoms with Gasteiger partial charge in [-0.2, -0.15) is 0 Å². The van der Waals surface area contributed by atoms with Crippen LogP contribution >= 0.6 is 0 Å². The van der Waals surface area contributed by atoms with Crippen molar-refractivity contribution in [1.82, 2.24) is 20.9 Å². The van der Waals surface area contributed by atoms with Crippen LogP contribution in [0.3, 0.4) is 0 Å². The van der Waals surface area contributed by atoms with Gasteiger partial charge in [-0.3, -0.25) is 4.79 Å². The first-order valence-corrected chi connectivity index (χ1v) is 10.1. The van der Waals surface area contributed by atoms with Crippen LogP contribution < -0.4 is 16.0 Å². The van der Waals surface area contributed by atoms with E-state index in [1.54, 1.807) is 7.05 Å². The van der Waals surface area contributed by atoms with E-state index in [0.29, 0.717) is 18.2 Å². The minimum absolute atomic E-state index is 0.0707. The topological polar surface area (TPSA) is 68.8 Å². The monoisotopic (exact) mass is 375 g/mol.